The van der Waals surface area contributed by atoms with E-state index < -0.39 is 10.0 Å². The van der Waals surface area contributed by atoms with Crippen LogP contribution in [0.2, 0.25) is 0 Å². The lowest BCUT2D eigenvalue weighted by Gasteiger charge is -2.30. The largest absolute Gasteiger partial charge is 0.474 e. The fourth-order valence-corrected chi connectivity index (χ4v) is 4.53. The lowest BCUT2D eigenvalue weighted by atomic mass is 10.1. The number of nitrogens with zero attached hydrogens (tertiary/aromatic N) is 2. The molecule has 0 atom stereocenters. The molecular formula is C22H28N4O5S. The summed E-state index contributed by atoms with van der Waals surface area (Å²) in [7, 11) is -3.94. The van der Waals surface area contributed by atoms with Crippen molar-refractivity contribution in [3.05, 3.63) is 47.7 Å². The number of sulfonamides is 1. The highest BCUT2D eigenvalue weighted by Gasteiger charge is 2.22. The van der Waals surface area contributed by atoms with E-state index in [1.807, 2.05) is 11.0 Å². The number of ether oxygens (including phenoxy) is 2. The van der Waals surface area contributed by atoms with Crippen LogP contribution in [0, 0.1) is 0 Å². The zero-order chi connectivity index (χ0) is 22.6. The molecule has 1 saturated heterocycles. The van der Waals surface area contributed by atoms with E-state index in [4.69, 9.17) is 14.6 Å². The first kappa shape index (κ1) is 22.5. The van der Waals surface area contributed by atoms with Crippen LogP contribution in [-0.4, -0.2) is 51.7 Å². The number of primary sulfonamides is 1. The highest BCUT2D eigenvalue weighted by Crippen LogP contribution is 2.25. The minimum absolute atomic E-state index is 0.102. The SMILES string of the molecule is NS(=O)(=O)c1ccc(N2CCOCC2)c(C(=O)NCc2ccc(OC3CCCC3)nc2)c1. The molecule has 1 amide bonds. The van der Waals surface area contributed by atoms with Crippen molar-refractivity contribution in [3.63, 3.8) is 0 Å². The second-order valence-corrected chi connectivity index (χ2v) is 9.60. The molecule has 1 aliphatic carbocycles. The molecule has 2 fully saturated rings. The lowest BCUT2D eigenvalue weighted by molar-refractivity contribution is 0.0949. The van der Waals surface area contributed by atoms with Crippen LogP contribution in [0.1, 0.15) is 41.6 Å². The van der Waals surface area contributed by atoms with E-state index in [0.29, 0.717) is 37.9 Å². The van der Waals surface area contributed by atoms with Crippen LogP contribution in [0.3, 0.4) is 0 Å². The van der Waals surface area contributed by atoms with Gasteiger partial charge in [0.2, 0.25) is 15.9 Å². The maximum Gasteiger partial charge on any atom is 0.253 e. The van der Waals surface area contributed by atoms with Crippen LogP contribution >= 0.6 is 0 Å². The van der Waals surface area contributed by atoms with E-state index in [-0.39, 0.29) is 29.0 Å². The predicted octanol–water partition coefficient (Wildman–Crippen LogP) is 1.82. The van der Waals surface area contributed by atoms with E-state index in [1.54, 1.807) is 18.3 Å². The minimum Gasteiger partial charge on any atom is -0.474 e. The molecule has 172 valence electrons. The number of rotatable bonds is 7. The number of morpholine rings is 1. The van der Waals surface area contributed by atoms with E-state index >= 15 is 0 Å². The molecule has 1 saturated carbocycles. The second kappa shape index (κ2) is 9.85. The Balaban J connectivity index is 1.46. The van der Waals surface area contributed by atoms with Crippen molar-refractivity contribution in [2.45, 2.75) is 43.2 Å². The van der Waals surface area contributed by atoms with Gasteiger partial charge in [0.15, 0.2) is 0 Å². The summed E-state index contributed by atoms with van der Waals surface area (Å²) in [5.41, 5.74) is 1.72. The number of benzene rings is 1. The molecular weight excluding hydrogens is 432 g/mol. The van der Waals surface area contributed by atoms with Crippen LogP contribution in [0.4, 0.5) is 5.69 Å². The van der Waals surface area contributed by atoms with Crippen LogP contribution < -0.4 is 20.1 Å². The molecule has 0 spiro atoms. The first-order valence-electron chi connectivity index (χ1n) is 10.8. The molecule has 1 aromatic heterocycles. The Bertz CT molecular complexity index is 1050. The smallest absolute Gasteiger partial charge is 0.253 e. The van der Waals surface area contributed by atoms with Gasteiger partial charge in [0.05, 0.1) is 23.7 Å². The lowest BCUT2D eigenvalue weighted by Crippen LogP contribution is -2.38. The number of aromatic nitrogens is 1. The number of anilines is 1. The molecule has 0 radical (unpaired) electrons. The molecule has 0 unspecified atom stereocenters. The van der Waals surface area contributed by atoms with Crippen LogP contribution in [0.5, 0.6) is 5.88 Å². The van der Waals surface area contributed by atoms with Gasteiger partial charge in [-0.25, -0.2) is 18.5 Å². The zero-order valence-electron chi connectivity index (χ0n) is 17.8. The van der Waals surface area contributed by atoms with Crippen molar-refractivity contribution >= 4 is 21.6 Å². The number of carbonyl (C=O) groups is 1. The van der Waals surface area contributed by atoms with Crippen molar-refractivity contribution in [3.8, 4) is 5.88 Å². The number of nitrogens with two attached hydrogens (primary N) is 1. The van der Waals surface area contributed by atoms with Gasteiger partial charge in [0.25, 0.3) is 5.91 Å². The fraction of sp³-hybridized carbons (Fsp3) is 0.455. The van der Waals surface area contributed by atoms with Gasteiger partial charge in [-0.05, 0) is 49.4 Å². The van der Waals surface area contributed by atoms with Gasteiger partial charge in [-0.1, -0.05) is 6.07 Å². The van der Waals surface area contributed by atoms with E-state index in [1.165, 1.54) is 25.0 Å². The predicted molar refractivity (Wildman–Crippen MR) is 119 cm³/mol. The second-order valence-electron chi connectivity index (χ2n) is 8.04. The van der Waals surface area contributed by atoms with E-state index in [9.17, 15) is 13.2 Å². The Hall–Kier alpha value is -2.69. The number of hydrogen-bond donors (Lipinski definition) is 2. The van der Waals surface area contributed by atoms with Crippen molar-refractivity contribution in [2.24, 2.45) is 5.14 Å². The average molecular weight is 461 g/mol. The Morgan fingerprint density at radius 1 is 1.19 bits per heavy atom. The Labute approximate surface area is 188 Å². The van der Waals surface area contributed by atoms with Crippen molar-refractivity contribution < 1.29 is 22.7 Å². The van der Waals surface area contributed by atoms with Gasteiger partial charge in [0.1, 0.15) is 6.10 Å². The Kier molecular flexibility index (Phi) is 6.92. The molecule has 9 nitrogen and oxygen atoms in total. The summed E-state index contributed by atoms with van der Waals surface area (Å²) in [6.45, 7) is 2.55. The van der Waals surface area contributed by atoms with Crippen molar-refractivity contribution in [2.75, 3.05) is 31.2 Å². The van der Waals surface area contributed by atoms with Crippen molar-refractivity contribution in [1.29, 1.82) is 0 Å². The zero-order valence-corrected chi connectivity index (χ0v) is 18.6. The summed E-state index contributed by atoms with van der Waals surface area (Å²) in [6.07, 6.45) is 6.40. The van der Waals surface area contributed by atoms with Crippen LogP contribution in [0.15, 0.2) is 41.4 Å². The number of pyridine rings is 1. The molecule has 2 heterocycles. The summed E-state index contributed by atoms with van der Waals surface area (Å²) in [5, 5.41) is 8.13. The third-order valence-electron chi connectivity index (χ3n) is 5.73. The monoisotopic (exact) mass is 460 g/mol. The summed E-state index contributed by atoms with van der Waals surface area (Å²) in [6, 6.07) is 8.04. The van der Waals surface area contributed by atoms with Crippen molar-refractivity contribution in [1.82, 2.24) is 10.3 Å². The van der Waals surface area contributed by atoms with Gasteiger partial charge in [-0.15, -0.1) is 0 Å². The Morgan fingerprint density at radius 3 is 2.59 bits per heavy atom. The number of carbonyl (C=O) groups excluding carboxylic acids is 1. The molecule has 2 aromatic rings. The maximum absolute atomic E-state index is 13.0. The topological polar surface area (TPSA) is 124 Å². The molecule has 4 rings (SSSR count). The third kappa shape index (κ3) is 5.56. The number of nitrogens with one attached hydrogen (secondary N) is 1. The fourth-order valence-electron chi connectivity index (χ4n) is 3.99. The molecule has 10 heteroatoms. The normalized spacial score (nSPS) is 17.3. The molecule has 3 N–H and O–H groups in total. The minimum atomic E-state index is -3.94. The molecule has 1 aliphatic heterocycles. The summed E-state index contributed by atoms with van der Waals surface area (Å²) >= 11 is 0. The highest BCUT2D eigenvalue weighted by molar-refractivity contribution is 7.89. The number of hydrogen-bond acceptors (Lipinski definition) is 7. The Morgan fingerprint density at radius 2 is 1.94 bits per heavy atom. The quantitative estimate of drug-likeness (QED) is 0.646. The van der Waals surface area contributed by atoms with Gasteiger partial charge in [0, 0.05) is 37.6 Å². The third-order valence-corrected chi connectivity index (χ3v) is 6.64. The molecule has 1 aromatic carbocycles. The molecule has 2 aliphatic rings. The van der Waals surface area contributed by atoms with Gasteiger partial charge < -0.3 is 19.7 Å². The first-order valence-corrected chi connectivity index (χ1v) is 12.3. The molecule has 0 bridgehead atoms. The number of amides is 1. The summed E-state index contributed by atoms with van der Waals surface area (Å²) in [4.78, 5) is 19.2. The highest BCUT2D eigenvalue weighted by atomic mass is 32.2. The first-order chi connectivity index (χ1) is 15.4. The van der Waals surface area contributed by atoms with Crippen LogP contribution in [-0.2, 0) is 21.3 Å². The van der Waals surface area contributed by atoms with E-state index in [2.05, 4.69) is 10.3 Å². The molecule has 32 heavy (non-hydrogen) atoms. The van der Waals surface area contributed by atoms with E-state index in [0.717, 1.165) is 18.4 Å². The van der Waals surface area contributed by atoms with Gasteiger partial charge in [-0.2, -0.15) is 0 Å². The summed E-state index contributed by atoms with van der Waals surface area (Å²) in [5.74, 6) is 0.200. The van der Waals surface area contributed by atoms with Gasteiger partial charge in [-0.3, -0.25) is 4.79 Å². The average Bonchev–Trinajstić information content (AvgIpc) is 3.31. The summed E-state index contributed by atoms with van der Waals surface area (Å²) < 4.78 is 34.9. The standard InChI is InChI=1S/C22H28N4O5S/c23-32(28,29)18-6-7-20(26-9-11-30-12-10-26)19(13-18)22(27)25-15-16-5-8-21(24-14-16)31-17-3-1-2-4-17/h5-8,13-14,17H,1-4,9-12,15H2,(H,25,27)(H2,23,28,29). The maximum atomic E-state index is 13.0. The van der Waals surface area contributed by atoms with Gasteiger partial charge >= 0.3 is 0 Å². The van der Waals surface area contributed by atoms with Crippen LogP contribution in [0.25, 0.3) is 0 Å².